The Kier molecular flexibility index (Phi) is 6.75. The lowest BCUT2D eigenvalue weighted by Gasteiger charge is -2.15. The summed E-state index contributed by atoms with van der Waals surface area (Å²) < 4.78 is 1.65. The summed E-state index contributed by atoms with van der Waals surface area (Å²) in [5, 5.41) is 4.76. The van der Waals surface area contributed by atoms with Crippen LogP contribution >= 0.6 is 23.4 Å². The van der Waals surface area contributed by atoms with Crippen LogP contribution in [0.25, 0.3) is 10.9 Å². The normalized spacial score (nSPS) is 12.1. The van der Waals surface area contributed by atoms with Gasteiger partial charge in [-0.2, -0.15) is 0 Å². The van der Waals surface area contributed by atoms with Crippen molar-refractivity contribution in [3.8, 4) is 0 Å². The van der Waals surface area contributed by atoms with E-state index in [0.29, 0.717) is 27.6 Å². The third kappa shape index (κ3) is 4.75. The van der Waals surface area contributed by atoms with Crippen LogP contribution in [0.15, 0.2) is 58.5 Å². The lowest BCUT2D eigenvalue weighted by molar-refractivity contribution is -0.119. The maximum Gasteiger partial charge on any atom is 0.262 e. The van der Waals surface area contributed by atoms with Crippen LogP contribution < -0.4 is 10.9 Å². The highest BCUT2D eigenvalue weighted by Gasteiger charge is 2.14. The van der Waals surface area contributed by atoms with Crippen molar-refractivity contribution < 1.29 is 4.79 Å². The molecule has 1 amide bonds. The first-order chi connectivity index (χ1) is 13.5. The Hall–Kier alpha value is -2.31. The van der Waals surface area contributed by atoms with Crippen molar-refractivity contribution in [2.75, 3.05) is 5.75 Å². The van der Waals surface area contributed by atoms with Crippen molar-refractivity contribution in [3.63, 3.8) is 0 Å². The lowest BCUT2D eigenvalue weighted by atomic mass is 10.1. The van der Waals surface area contributed by atoms with Crippen LogP contribution in [0.2, 0.25) is 5.02 Å². The average Bonchev–Trinajstić information content (AvgIpc) is 2.69. The summed E-state index contributed by atoms with van der Waals surface area (Å²) >= 11 is 7.30. The van der Waals surface area contributed by atoms with E-state index in [4.69, 9.17) is 11.6 Å². The molecule has 3 aromatic rings. The minimum Gasteiger partial charge on any atom is -0.349 e. The smallest absolute Gasteiger partial charge is 0.262 e. The zero-order valence-electron chi connectivity index (χ0n) is 15.8. The molecule has 0 saturated carbocycles. The Bertz CT molecular complexity index is 1050. The van der Waals surface area contributed by atoms with Crippen LogP contribution in [0, 0.1) is 0 Å². The predicted molar refractivity (Wildman–Crippen MR) is 115 cm³/mol. The van der Waals surface area contributed by atoms with Crippen molar-refractivity contribution in [3.05, 3.63) is 69.5 Å². The minimum atomic E-state index is -0.158. The van der Waals surface area contributed by atoms with E-state index in [2.05, 4.69) is 10.3 Å². The van der Waals surface area contributed by atoms with Crippen LogP contribution in [-0.4, -0.2) is 21.2 Å². The zero-order chi connectivity index (χ0) is 20.1. The lowest BCUT2D eigenvalue weighted by Crippen LogP contribution is -2.29. The molecule has 1 N–H and O–H groups in total. The highest BCUT2D eigenvalue weighted by Crippen LogP contribution is 2.20. The largest absolute Gasteiger partial charge is 0.349 e. The third-order valence-electron chi connectivity index (χ3n) is 4.33. The van der Waals surface area contributed by atoms with Gasteiger partial charge in [-0.15, -0.1) is 0 Å². The number of amides is 1. The first-order valence-electron chi connectivity index (χ1n) is 9.16. The molecule has 0 aliphatic carbocycles. The van der Waals surface area contributed by atoms with Gasteiger partial charge in [0.15, 0.2) is 5.16 Å². The number of carbonyl (C=O) groups excluding carboxylic acids is 1. The van der Waals surface area contributed by atoms with Crippen LogP contribution in [0.4, 0.5) is 0 Å². The van der Waals surface area contributed by atoms with Gasteiger partial charge in [-0.3, -0.25) is 14.2 Å². The summed E-state index contributed by atoms with van der Waals surface area (Å²) in [7, 11) is 0. The third-order valence-corrected chi connectivity index (χ3v) is 5.54. The van der Waals surface area contributed by atoms with Gasteiger partial charge in [-0.1, -0.05) is 54.6 Å². The SMILES string of the molecule is CCCn1c(SCC(=O)N[C@H](C)c2cccc(Cl)c2)nc2ccccc2c1=O. The Balaban J connectivity index is 1.74. The molecule has 0 unspecified atom stereocenters. The number of para-hydroxylation sites is 1. The maximum atomic E-state index is 12.8. The van der Waals surface area contributed by atoms with Gasteiger partial charge in [0.2, 0.25) is 5.91 Å². The molecule has 1 heterocycles. The number of carbonyl (C=O) groups is 1. The Labute approximate surface area is 173 Å². The second kappa shape index (κ2) is 9.26. The quantitative estimate of drug-likeness (QED) is 0.458. The summed E-state index contributed by atoms with van der Waals surface area (Å²) in [6.45, 7) is 4.49. The topological polar surface area (TPSA) is 64.0 Å². The Morgan fingerprint density at radius 3 is 2.79 bits per heavy atom. The Morgan fingerprint density at radius 2 is 2.04 bits per heavy atom. The van der Waals surface area contributed by atoms with Gasteiger partial charge in [0.05, 0.1) is 22.7 Å². The molecule has 0 spiro atoms. The van der Waals surface area contributed by atoms with Crippen LogP contribution in [-0.2, 0) is 11.3 Å². The van der Waals surface area contributed by atoms with Crippen LogP contribution in [0.1, 0.15) is 31.9 Å². The van der Waals surface area contributed by atoms with Crippen molar-refractivity contribution in [2.45, 2.75) is 38.0 Å². The number of nitrogens with zero attached hydrogens (tertiary/aromatic N) is 2. The summed E-state index contributed by atoms with van der Waals surface area (Å²) in [6, 6.07) is 14.5. The molecule has 28 heavy (non-hydrogen) atoms. The number of rotatable bonds is 7. The molecule has 0 radical (unpaired) electrons. The number of halogens is 1. The van der Waals surface area contributed by atoms with Crippen molar-refractivity contribution in [1.29, 1.82) is 0 Å². The molecule has 146 valence electrons. The van der Waals surface area contributed by atoms with E-state index in [-0.39, 0.29) is 23.3 Å². The first kappa shape index (κ1) is 20.4. The summed E-state index contributed by atoms with van der Waals surface area (Å²) in [6.07, 6.45) is 0.811. The molecule has 0 aliphatic heterocycles. The monoisotopic (exact) mass is 415 g/mol. The number of aromatic nitrogens is 2. The van der Waals surface area contributed by atoms with E-state index in [1.54, 1.807) is 16.7 Å². The number of nitrogens with one attached hydrogen (secondary N) is 1. The molecule has 0 bridgehead atoms. The summed E-state index contributed by atoms with van der Waals surface area (Å²) in [5.41, 5.74) is 1.52. The number of fused-ring (bicyclic) bond motifs is 1. The zero-order valence-corrected chi connectivity index (χ0v) is 17.4. The number of benzene rings is 2. The van der Waals surface area contributed by atoms with Crippen LogP contribution in [0.3, 0.4) is 0 Å². The highest BCUT2D eigenvalue weighted by atomic mass is 35.5. The predicted octanol–water partition coefficient (Wildman–Crippen LogP) is 4.43. The van der Waals surface area contributed by atoms with E-state index >= 15 is 0 Å². The fourth-order valence-corrected chi connectivity index (χ4v) is 3.99. The molecule has 3 rings (SSSR count). The molecular weight excluding hydrogens is 394 g/mol. The van der Waals surface area contributed by atoms with Crippen molar-refractivity contribution in [1.82, 2.24) is 14.9 Å². The maximum absolute atomic E-state index is 12.8. The summed E-state index contributed by atoms with van der Waals surface area (Å²) in [4.78, 5) is 29.8. The number of hydrogen-bond acceptors (Lipinski definition) is 4. The van der Waals surface area contributed by atoms with Gasteiger partial charge in [-0.05, 0) is 43.2 Å². The molecule has 0 fully saturated rings. The standard InChI is InChI=1S/C21H22ClN3O2S/c1-3-11-25-20(27)17-9-4-5-10-18(17)24-21(25)28-13-19(26)23-14(2)15-7-6-8-16(22)12-15/h4-10,12,14H,3,11,13H2,1-2H3,(H,23,26)/t14-/m1/s1. The van der Waals surface area contributed by atoms with Gasteiger partial charge in [0.1, 0.15) is 0 Å². The molecule has 1 atom stereocenters. The van der Waals surface area contributed by atoms with E-state index in [0.717, 1.165) is 12.0 Å². The van der Waals surface area contributed by atoms with Crippen molar-refractivity contribution in [2.24, 2.45) is 0 Å². The second-order valence-corrected chi connectivity index (χ2v) is 7.88. The number of hydrogen-bond donors (Lipinski definition) is 1. The van der Waals surface area contributed by atoms with Crippen LogP contribution in [0.5, 0.6) is 0 Å². The van der Waals surface area contributed by atoms with E-state index < -0.39 is 0 Å². The van der Waals surface area contributed by atoms with E-state index in [1.807, 2.05) is 50.2 Å². The summed E-state index contributed by atoms with van der Waals surface area (Å²) in [5.74, 6) is 0.0577. The second-order valence-electron chi connectivity index (χ2n) is 6.50. The molecular formula is C21H22ClN3O2S. The van der Waals surface area contributed by atoms with Gasteiger partial charge >= 0.3 is 0 Å². The molecule has 1 aromatic heterocycles. The van der Waals surface area contributed by atoms with Gasteiger partial charge in [0.25, 0.3) is 5.56 Å². The van der Waals surface area contributed by atoms with E-state index in [9.17, 15) is 9.59 Å². The average molecular weight is 416 g/mol. The van der Waals surface area contributed by atoms with Gasteiger partial charge < -0.3 is 5.32 Å². The molecule has 0 saturated heterocycles. The minimum absolute atomic E-state index is 0.0670. The fourth-order valence-electron chi connectivity index (χ4n) is 2.95. The highest BCUT2D eigenvalue weighted by molar-refractivity contribution is 7.99. The van der Waals surface area contributed by atoms with Crippen molar-refractivity contribution >= 4 is 40.2 Å². The molecule has 2 aromatic carbocycles. The number of thioether (sulfide) groups is 1. The molecule has 0 aliphatic rings. The first-order valence-corrected chi connectivity index (χ1v) is 10.5. The Morgan fingerprint density at radius 1 is 1.25 bits per heavy atom. The van der Waals surface area contributed by atoms with Gasteiger partial charge in [-0.25, -0.2) is 4.98 Å². The molecule has 5 nitrogen and oxygen atoms in total. The van der Waals surface area contributed by atoms with E-state index in [1.165, 1.54) is 11.8 Å². The van der Waals surface area contributed by atoms with Gasteiger partial charge in [0, 0.05) is 11.6 Å². The fraction of sp³-hybridized carbons (Fsp3) is 0.286. The molecule has 7 heteroatoms.